The van der Waals surface area contributed by atoms with E-state index in [0.717, 1.165) is 50.5 Å². The van der Waals surface area contributed by atoms with Crippen molar-refractivity contribution in [2.45, 2.75) is 80.8 Å². The normalized spacial score (nSPS) is 21.1. The van der Waals surface area contributed by atoms with Crippen LogP contribution in [0.1, 0.15) is 74.6 Å². The van der Waals surface area contributed by atoms with Gasteiger partial charge in [0, 0.05) is 31.4 Å². The van der Waals surface area contributed by atoms with Crippen molar-refractivity contribution in [1.82, 2.24) is 19.1 Å². The molecule has 1 amide bonds. The number of rotatable bonds is 5. The summed E-state index contributed by atoms with van der Waals surface area (Å²) in [4.78, 5) is 18.2. The summed E-state index contributed by atoms with van der Waals surface area (Å²) >= 11 is 0. The molecule has 2 fully saturated rings. The molecular formula is C30H38FN7O3S. The summed E-state index contributed by atoms with van der Waals surface area (Å²) in [6.07, 6.45) is 11.6. The van der Waals surface area contributed by atoms with Gasteiger partial charge in [-0.15, -0.1) is 0 Å². The van der Waals surface area contributed by atoms with Gasteiger partial charge in [-0.05, 0) is 43.0 Å². The summed E-state index contributed by atoms with van der Waals surface area (Å²) in [5, 5.41) is 10.6. The molecule has 0 radical (unpaired) electrons. The molecule has 4 N–H and O–H groups in total. The van der Waals surface area contributed by atoms with Gasteiger partial charge in [-0.1, -0.05) is 57.1 Å². The zero-order valence-electron chi connectivity index (χ0n) is 23.7. The zero-order valence-corrected chi connectivity index (χ0v) is 24.5. The molecule has 2 aromatic heterocycles. The van der Waals surface area contributed by atoms with Crippen LogP contribution < -0.4 is 16.4 Å². The lowest BCUT2D eigenvalue weighted by molar-refractivity contribution is 0.0721. The van der Waals surface area contributed by atoms with Gasteiger partial charge in [0.25, 0.3) is 5.91 Å². The first-order valence-electron chi connectivity index (χ1n) is 14.9. The van der Waals surface area contributed by atoms with Gasteiger partial charge in [0.1, 0.15) is 17.6 Å². The summed E-state index contributed by atoms with van der Waals surface area (Å²) in [7, 11) is -3.50. The van der Waals surface area contributed by atoms with Crippen LogP contribution in [0.15, 0.2) is 47.6 Å². The molecule has 3 aromatic rings. The number of nitrogens with two attached hydrogens (primary N) is 1. The number of carbonyl (C=O) groups is 1. The van der Waals surface area contributed by atoms with Crippen molar-refractivity contribution in [2.24, 2.45) is 0 Å². The van der Waals surface area contributed by atoms with Gasteiger partial charge < -0.3 is 16.4 Å². The van der Waals surface area contributed by atoms with E-state index in [1.54, 1.807) is 41.2 Å². The lowest BCUT2D eigenvalue weighted by atomic mass is 9.80. The Morgan fingerprint density at radius 1 is 1.00 bits per heavy atom. The number of amides is 1. The lowest BCUT2D eigenvalue weighted by Gasteiger charge is -2.42. The molecule has 12 heteroatoms. The predicted molar refractivity (Wildman–Crippen MR) is 161 cm³/mol. The Labute approximate surface area is 245 Å². The second kappa shape index (κ2) is 11.6. The van der Waals surface area contributed by atoms with Crippen LogP contribution in [0.3, 0.4) is 0 Å². The quantitative estimate of drug-likeness (QED) is 0.371. The molecule has 0 bridgehead atoms. The van der Waals surface area contributed by atoms with Crippen molar-refractivity contribution < 1.29 is 17.6 Å². The van der Waals surface area contributed by atoms with Crippen LogP contribution in [0.25, 0.3) is 11.1 Å². The highest BCUT2D eigenvalue weighted by atomic mass is 32.2. The number of alkyl halides is 1. The minimum absolute atomic E-state index is 0.0477. The molecule has 1 unspecified atom stereocenters. The van der Waals surface area contributed by atoms with E-state index in [4.69, 9.17) is 5.73 Å². The number of anilines is 3. The number of fused-ring (bicyclic) bond motifs is 2. The minimum atomic E-state index is -3.50. The fourth-order valence-electron chi connectivity index (χ4n) is 6.46. The molecule has 1 aromatic carbocycles. The third-order valence-corrected chi connectivity index (χ3v) is 10.9. The van der Waals surface area contributed by atoms with Crippen molar-refractivity contribution in [3.8, 4) is 11.1 Å². The highest BCUT2D eigenvalue weighted by molar-refractivity contribution is 7.89. The molecule has 1 atom stereocenters. The smallest absolute Gasteiger partial charge is 0.263 e. The van der Waals surface area contributed by atoms with Crippen molar-refractivity contribution in [3.05, 3.63) is 48.3 Å². The minimum Gasteiger partial charge on any atom is -0.381 e. The first-order valence-corrected chi connectivity index (χ1v) is 16.4. The number of aromatic nitrogens is 3. The van der Waals surface area contributed by atoms with Crippen molar-refractivity contribution >= 4 is 33.3 Å². The molecule has 2 aliphatic heterocycles. The van der Waals surface area contributed by atoms with Crippen LogP contribution in [0, 0.1) is 0 Å². The summed E-state index contributed by atoms with van der Waals surface area (Å²) < 4.78 is 44.4. The topological polar surface area (TPSA) is 135 Å². The van der Waals surface area contributed by atoms with Crippen LogP contribution in [-0.2, 0) is 15.6 Å². The summed E-state index contributed by atoms with van der Waals surface area (Å²) in [5.41, 5.74) is 7.54. The predicted octanol–water partition coefficient (Wildman–Crippen LogP) is 5.16. The Hall–Kier alpha value is -3.51. The van der Waals surface area contributed by atoms with Gasteiger partial charge in [0.2, 0.25) is 10.0 Å². The Bertz CT molecular complexity index is 1540. The highest BCUT2D eigenvalue weighted by Crippen LogP contribution is 2.43. The summed E-state index contributed by atoms with van der Waals surface area (Å²) in [6, 6.07) is 8.36. The number of benzene rings is 1. The molecule has 42 heavy (non-hydrogen) atoms. The van der Waals surface area contributed by atoms with E-state index in [-0.39, 0.29) is 22.8 Å². The number of sulfonamides is 1. The molecule has 1 saturated heterocycles. The van der Waals surface area contributed by atoms with Crippen molar-refractivity contribution in [2.75, 3.05) is 36.0 Å². The molecule has 1 saturated carbocycles. The molecule has 3 aliphatic rings. The Kier molecular flexibility index (Phi) is 7.93. The summed E-state index contributed by atoms with van der Waals surface area (Å²) in [6.45, 7) is 1.17. The van der Waals surface area contributed by atoms with Gasteiger partial charge in [0.05, 0.1) is 22.3 Å². The van der Waals surface area contributed by atoms with Gasteiger partial charge in [-0.2, -0.15) is 9.40 Å². The van der Waals surface area contributed by atoms with Crippen molar-refractivity contribution in [1.29, 1.82) is 0 Å². The van der Waals surface area contributed by atoms with Gasteiger partial charge in [0.15, 0.2) is 5.82 Å². The molecule has 10 nitrogen and oxygen atoms in total. The second-order valence-electron chi connectivity index (χ2n) is 11.6. The van der Waals surface area contributed by atoms with Gasteiger partial charge >= 0.3 is 0 Å². The molecule has 4 heterocycles. The van der Waals surface area contributed by atoms with E-state index in [0.29, 0.717) is 43.0 Å². The maximum atomic E-state index is 15.7. The lowest BCUT2D eigenvalue weighted by Crippen LogP contribution is -2.51. The second-order valence-corrected chi connectivity index (χ2v) is 13.5. The standard InChI is InChI=1S/C30H38FN7O3S/c31-25-20-34-28-26(27(32)36-38(28)30(25)14-6-4-2-1-3-5-7-15-30)29(39)35-24-19-33-16-13-23(24)21-9-11-22(12-10-21)42(40,41)37-17-8-18-37/h9-13,16,19,25,34H,1-8,14-15,17-18,20H2,(H2,32,36)(H,35,39). The van der Waals surface area contributed by atoms with E-state index in [9.17, 15) is 13.2 Å². The van der Waals surface area contributed by atoms with Gasteiger partial charge in [-0.3, -0.25) is 9.78 Å². The third kappa shape index (κ3) is 5.15. The number of nitrogens with one attached hydrogen (secondary N) is 2. The number of pyridine rings is 1. The maximum Gasteiger partial charge on any atom is 0.263 e. The van der Waals surface area contributed by atoms with Crippen LogP contribution in [0.4, 0.5) is 21.7 Å². The fraction of sp³-hybridized carbons (Fsp3) is 0.500. The molecule has 6 rings (SSSR count). The number of nitrogens with zero attached hydrogens (tertiary/aromatic N) is 4. The molecular weight excluding hydrogens is 557 g/mol. The monoisotopic (exact) mass is 595 g/mol. The SMILES string of the molecule is Nc1nn2c(c1C(=O)Nc1cnccc1-c1ccc(S(=O)(=O)N3CCC3)cc1)NCC(F)C21CCCCCCCCC1. The zero-order chi connectivity index (χ0) is 29.3. The van der Waals surface area contributed by atoms with E-state index in [1.165, 1.54) is 16.9 Å². The average molecular weight is 596 g/mol. The first kappa shape index (κ1) is 28.6. The number of hydrogen-bond acceptors (Lipinski definition) is 7. The maximum absolute atomic E-state index is 15.7. The fourth-order valence-corrected chi connectivity index (χ4v) is 7.98. The third-order valence-electron chi connectivity index (χ3n) is 9.00. The molecule has 224 valence electrons. The Morgan fingerprint density at radius 2 is 1.67 bits per heavy atom. The number of nitrogen functional groups attached to an aromatic ring is 1. The van der Waals surface area contributed by atoms with E-state index in [1.807, 2.05) is 0 Å². The van der Waals surface area contributed by atoms with Crippen molar-refractivity contribution in [3.63, 3.8) is 0 Å². The average Bonchev–Trinajstić information content (AvgIpc) is 3.30. The van der Waals surface area contributed by atoms with E-state index >= 15 is 4.39 Å². The Balaban J connectivity index is 1.28. The number of carbonyl (C=O) groups excluding carboxylic acids is 1. The molecule has 1 spiro atoms. The number of halogens is 1. The van der Waals surface area contributed by atoms with Crippen LogP contribution in [0.2, 0.25) is 0 Å². The van der Waals surface area contributed by atoms with E-state index in [2.05, 4.69) is 20.7 Å². The van der Waals surface area contributed by atoms with Crippen LogP contribution >= 0.6 is 0 Å². The highest BCUT2D eigenvalue weighted by Gasteiger charge is 2.47. The van der Waals surface area contributed by atoms with Gasteiger partial charge in [-0.25, -0.2) is 17.5 Å². The van der Waals surface area contributed by atoms with Crippen LogP contribution in [0.5, 0.6) is 0 Å². The number of hydrogen-bond donors (Lipinski definition) is 3. The first-order chi connectivity index (χ1) is 20.3. The Morgan fingerprint density at radius 3 is 2.31 bits per heavy atom. The summed E-state index contributed by atoms with van der Waals surface area (Å²) in [5.74, 6) is 0.0216. The van der Waals surface area contributed by atoms with Crippen LogP contribution in [-0.4, -0.2) is 59.2 Å². The molecule has 1 aliphatic carbocycles. The van der Waals surface area contributed by atoms with E-state index < -0.39 is 27.6 Å². The largest absolute Gasteiger partial charge is 0.381 e.